The lowest BCUT2D eigenvalue weighted by atomic mass is 10.1. The van der Waals surface area contributed by atoms with Crippen LogP contribution < -0.4 is 10.4 Å². The molecule has 3 N–H and O–H groups in total. The number of amides is 1. The van der Waals surface area contributed by atoms with E-state index in [0.29, 0.717) is 6.54 Å². The first kappa shape index (κ1) is 22.8. The zero-order valence-corrected chi connectivity index (χ0v) is 15.7. The Morgan fingerprint density at radius 2 is 1.69 bits per heavy atom. The Morgan fingerprint density at radius 1 is 1.14 bits per heavy atom. The van der Waals surface area contributed by atoms with Gasteiger partial charge in [-0.3, -0.25) is 9.69 Å². The van der Waals surface area contributed by atoms with E-state index in [-0.39, 0.29) is 23.0 Å². The number of carbonyl (C=O) groups excluding carboxylic acids is 2. The smallest absolute Gasteiger partial charge is 0.430 e. The maximum atomic E-state index is 12.0. The van der Waals surface area contributed by atoms with E-state index in [1.165, 1.54) is 55.9 Å². The van der Waals surface area contributed by atoms with E-state index in [1.807, 2.05) is 0 Å². The van der Waals surface area contributed by atoms with E-state index in [0.717, 1.165) is 13.0 Å². The minimum Gasteiger partial charge on any atom is -0.542 e. The van der Waals surface area contributed by atoms with Crippen molar-refractivity contribution in [2.24, 2.45) is 0 Å². The SMILES string of the molecule is O=C(NCCC[N+]12CCN(CC1)CC2)c1cccc(O)c1O.O=C([O-])C(F)(F)F. The molecule has 0 spiro atoms. The summed E-state index contributed by atoms with van der Waals surface area (Å²) in [5.41, 5.74) is 0.124. The van der Waals surface area contributed by atoms with Gasteiger partial charge in [-0.05, 0) is 12.1 Å². The van der Waals surface area contributed by atoms with Crippen LogP contribution in [0.25, 0.3) is 0 Å². The van der Waals surface area contributed by atoms with Gasteiger partial charge in [-0.1, -0.05) is 6.07 Å². The number of alkyl halides is 3. The maximum Gasteiger partial charge on any atom is 0.430 e. The van der Waals surface area contributed by atoms with Crippen molar-refractivity contribution < 1.29 is 42.6 Å². The standard InChI is InChI=1S/C16H23N3O3.C2HF3O2/c20-14-4-1-3-13(15(14)21)16(22)17-5-2-9-19-10-6-18(7-11-19)8-12-19;3-2(4,5)1(6)7/h1,3-4H,2,5-12H2,(H2-,17,20,21,22);(H,6,7). The average molecular weight is 419 g/mol. The number of fused-ring (bicyclic) bond motifs is 3. The molecule has 0 unspecified atom stereocenters. The van der Waals surface area contributed by atoms with Crippen LogP contribution in [0.3, 0.4) is 0 Å². The van der Waals surface area contributed by atoms with Crippen molar-refractivity contribution in [1.29, 1.82) is 0 Å². The molecule has 0 aromatic heterocycles. The largest absolute Gasteiger partial charge is 0.542 e. The van der Waals surface area contributed by atoms with E-state index in [4.69, 9.17) is 9.90 Å². The Labute approximate surface area is 165 Å². The van der Waals surface area contributed by atoms with Crippen molar-refractivity contribution in [1.82, 2.24) is 10.2 Å². The molecular weight excluding hydrogens is 395 g/mol. The second-order valence-electron chi connectivity index (χ2n) is 7.15. The fourth-order valence-corrected chi connectivity index (χ4v) is 3.49. The predicted octanol–water partition coefficient (Wildman–Crippen LogP) is -0.338. The summed E-state index contributed by atoms with van der Waals surface area (Å²) in [6.45, 7) is 8.96. The number of piperazine rings is 3. The number of aromatic hydroxyl groups is 2. The van der Waals surface area contributed by atoms with Gasteiger partial charge in [0.25, 0.3) is 5.91 Å². The highest BCUT2D eigenvalue weighted by atomic mass is 19.4. The summed E-state index contributed by atoms with van der Waals surface area (Å²) in [6, 6.07) is 4.42. The van der Waals surface area contributed by atoms with E-state index in [9.17, 15) is 28.2 Å². The molecule has 8 nitrogen and oxygen atoms in total. The number of halogens is 3. The fourth-order valence-electron chi connectivity index (χ4n) is 3.49. The van der Waals surface area contributed by atoms with Crippen LogP contribution in [0.4, 0.5) is 13.2 Å². The second-order valence-corrected chi connectivity index (χ2v) is 7.15. The molecule has 3 heterocycles. The van der Waals surface area contributed by atoms with Crippen LogP contribution in [0, 0.1) is 0 Å². The number of aliphatic carboxylic acids is 1. The quantitative estimate of drug-likeness (QED) is 0.342. The van der Waals surface area contributed by atoms with Crippen LogP contribution in [-0.4, -0.2) is 90.0 Å². The molecule has 3 aliphatic rings. The highest BCUT2D eigenvalue weighted by molar-refractivity contribution is 5.97. The number of carbonyl (C=O) groups is 2. The van der Waals surface area contributed by atoms with Crippen molar-refractivity contribution in [2.75, 3.05) is 52.4 Å². The van der Waals surface area contributed by atoms with Crippen molar-refractivity contribution >= 4 is 11.9 Å². The summed E-state index contributed by atoms with van der Waals surface area (Å²) < 4.78 is 32.7. The predicted molar refractivity (Wildman–Crippen MR) is 94.0 cm³/mol. The highest BCUT2D eigenvalue weighted by Crippen LogP contribution is 2.28. The Kier molecular flexibility index (Phi) is 7.31. The van der Waals surface area contributed by atoms with Gasteiger partial charge < -0.3 is 29.9 Å². The maximum absolute atomic E-state index is 12.0. The minimum atomic E-state index is -5.19. The lowest BCUT2D eigenvalue weighted by Gasteiger charge is -2.50. The zero-order chi connectivity index (χ0) is 21.7. The number of nitrogens with one attached hydrogen (secondary N) is 1. The summed E-state index contributed by atoms with van der Waals surface area (Å²) in [6.07, 6.45) is -4.26. The summed E-state index contributed by atoms with van der Waals surface area (Å²) in [5, 5.41) is 30.7. The fraction of sp³-hybridized carbons (Fsp3) is 0.556. The molecule has 0 saturated carbocycles. The van der Waals surface area contributed by atoms with E-state index >= 15 is 0 Å². The summed E-state index contributed by atoms with van der Waals surface area (Å²) in [4.78, 5) is 23.3. The minimum absolute atomic E-state index is 0.124. The molecule has 1 aromatic carbocycles. The number of phenolic OH excluding ortho intramolecular Hbond substituents is 2. The van der Waals surface area contributed by atoms with Crippen molar-refractivity contribution in [2.45, 2.75) is 12.6 Å². The molecule has 3 saturated heterocycles. The first-order valence-electron chi connectivity index (χ1n) is 9.19. The number of phenols is 2. The van der Waals surface area contributed by atoms with Gasteiger partial charge in [-0.15, -0.1) is 0 Å². The second kappa shape index (κ2) is 9.31. The molecule has 0 atom stereocenters. The van der Waals surface area contributed by atoms with Crippen LogP contribution in [0.2, 0.25) is 0 Å². The third-order valence-electron chi connectivity index (χ3n) is 5.26. The normalized spacial score (nSPS) is 23.1. The number of quaternary nitrogens is 1. The number of para-hydroxylation sites is 1. The van der Waals surface area contributed by atoms with E-state index in [2.05, 4.69) is 10.2 Å². The molecule has 1 aromatic rings. The van der Waals surface area contributed by atoms with Gasteiger partial charge in [0.15, 0.2) is 11.5 Å². The highest BCUT2D eigenvalue weighted by Gasteiger charge is 2.37. The van der Waals surface area contributed by atoms with Crippen LogP contribution in [0.15, 0.2) is 18.2 Å². The number of rotatable bonds is 5. The average Bonchev–Trinajstić information content (AvgIpc) is 2.68. The van der Waals surface area contributed by atoms with E-state index < -0.39 is 12.1 Å². The number of carboxylic acids is 1. The van der Waals surface area contributed by atoms with Crippen molar-refractivity contribution in [3.63, 3.8) is 0 Å². The molecular formula is C18H24F3N3O5. The monoisotopic (exact) mass is 419 g/mol. The third kappa shape index (κ3) is 6.23. The van der Waals surface area contributed by atoms with Crippen LogP contribution in [0.5, 0.6) is 11.5 Å². The molecule has 29 heavy (non-hydrogen) atoms. The molecule has 1 amide bonds. The van der Waals surface area contributed by atoms with Gasteiger partial charge in [0.1, 0.15) is 5.97 Å². The first-order valence-corrected chi connectivity index (χ1v) is 9.19. The van der Waals surface area contributed by atoms with Gasteiger partial charge in [0.2, 0.25) is 0 Å². The van der Waals surface area contributed by atoms with Gasteiger partial charge in [0, 0.05) is 32.6 Å². The Balaban J connectivity index is 0.000000370. The van der Waals surface area contributed by atoms with Crippen LogP contribution in [0.1, 0.15) is 16.8 Å². The summed E-state index contributed by atoms with van der Waals surface area (Å²) in [5.74, 6) is -3.96. The van der Waals surface area contributed by atoms with Gasteiger partial charge in [0.05, 0.1) is 31.7 Å². The number of hydrogen-bond donors (Lipinski definition) is 3. The topological polar surface area (TPSA) is 113 Å². The lowest BCUT2D eigenvalue weighted by molar-refractivity contribution is -0.941. The molecule has 3 aliphatic heterocycles. The molecule has 11 heteroatoms. The lowest BCUT2D eigenvalue weighted by Crippen LogP contribution is -2.67. The molecule has 3 fully saturated rings. The molecule has 4 rings (SSSR count). The van der Waals surface area contributed by atoms with Crippen molar-refractivity contribution in [3.05, 3.63) is 23.8 Å². The van der Waals surface area contributed by atoms with Crippen molar-refractivity contribution in [3.8, 4) is 11.5 Å². The third-order valence-corrected chi connectivity index (χ3v) is 5.26. The van der Waals surface area contributed by atoms with Crippen LogP contribution >= 0.6 is 0 Å². The zero-order valence-electron chi connectivity index (χ0n) is 15.7. The molecule has 0 radical (unpaired) electrons. The van der Waals surface area contributed by atoms with E-state index in [1.54, 1.807) is 6.07 Å². The number of benzene rings is 1. The molecule has 162 valence electrons. The Bertz CT molecular complexity index is 720. The first-order chi connectivity index (χ1) is 13.5. The van der Waals surface area contributed by atoms with Gasteiger partial charge >= 0.3 is 6.18 Å². The number of hydrogen-bond acceptors (Lipinski definition) is 6. The Morgan fingerprint density at radius 3 is 2.21 bits per heavy atom. The summed E-state index contributed by atoms with van der Waals surface area (Å²) >= 11 is 0. The number of nitrogens with zero attached hydrogens (tertiary/aromatic N) is 2. The van der Waals surface area contributed by atoms with Gasteiger partial charge in [-0.2, -0.15) is 13.2 Å². The number of carboxylic acid groups (broad SMARTS) is 1. The van der Waals surface area contributed by atoms with Gasteiger partial charge in [-0.25, -0.2) is 0 Å². The molecule has 2 bridgehead atoms. The molecule has 0 aliphatic carbocycles. The Hall–Kier alpha value is -2.53. The summed E-state index contributed by atoms with van der Waals surface area (Å²) in [7, 11) is 0. The van der Waals surface area contributed by atoms with Crippen LogP contribution in [-0.2, 0) is 4.79 Å².